The molecule has 1 unspecified atom stereocenters. The van der Waals surface area contributed by atoms with Gasteiger partial charge in [0.15, 0.2) is 0 Å². The summed E-state index contributed by atoms with van der Waals surface area (Å²) in [6, 6.07) is 13.2. The number of nitriles is 1. The summed E-state index contributed by atoms with van der Waals surface area (Å²) >= 11 is 1.78. The van der Waals surface area contributed by atoms with Crippen molar-refractivity contribution in [1.82, 2.24) is 5.32 Å². The first-order valence-corrected chi connectivity index (χ1v) is 7.51. The minimum absolute atomic E-state index is 0.349. The van der Waals surface area contributed by atoms with Crippen LogP contribution < -0.4 is 5.32 Å². The molecule has 3 heteroatoms. The number of nitrogens with one attached hydrogen (secondary N) is 1. The molecule has 2 rings (SSSR count). The monoisotopic (exact) mass is 260 g/mol. The van der Waals surface area contributed by atoms with Gasteiger partial charge in [-0.25, -0.2) is 0 Å². The minimum Gasteiger partial charge on any atom is -0.296 e. The summed E-state index contributed by atoms with van der Waals surface area (Å²) in [5.41, 5.74) is -0.353. The third-order valence-corrected chi connectivity index (χ3v) is 4.43. The third-order valence-electron chi connectivity index (χ3n) is 3.23. The first-order valence-electron chi connectivity index (χ1n) is 6.53. The molecule has 96 valence electrons. The molecule has 18 heavy (non-hydrogen) atoms. The van der Waals surface area contributed by atoms with Crippen LogP contribution >= 0.6 is 11.8 Å². The van der Waals surface area contributed by atoms with Gasteiger partial charge in [-0.2, -0.15) is 5.26 Å². The van der Waals surface area contributed by atoms with E-state index < -0.39 is 0 Å². The van der Waals surface area contributed by atoms with Gasteiger partial charge in [-0.1, -0.05) is 18.2 Å². The summed E-state index contributed by atoms with van der Waals surface area (Å²) in [5.74, 6) is 1.36. The van der Waals surface area contributed by atoms with Crippen LogP contribution in [-0.2, 0) is 0 Å². The van der Waals surface area contributed by atoms with E-state index in [9.17, 15) is 5.26 Å². The molecule has 1 aromatic carbocycles. The average molecular weight is 260 g/mol. The maximum atomic E-state index is 9.59. The van der Waals surface area contributed by atoms with Gasteiger partial charge in [0.05, 0.1) is 6.07 Å². The van der Waals surface area contributed by atoms with E-state index in [-0.39, 0.29) is 5.54 Å². The molecule has 0 aliphatic heterocycles. The molecule has 0 amide bonds. The zero-order valence-electron chi connectivity index (χ0n) is 11.0. The Kier molecular flexibility index (Phi) is 4.31. The lowest BCUT2D eigenvalue weighted by atomic mass is 9.96. The lowest BCUT2D eigenvalue weighted by molar-refractivity contribution is 0.370. The highest BCUT2D eigenvalue weighted by atomic mass is 32.2. The Labute approximate surface area is 114 Å². The van der Waals surface area contributed by atoms with Crippen LogP contribution in [0.1, 0.15) is 26.7 Å². The molecule has 1 atom stereocenters. The van der Waals surface area contributed by atoms with Crippen molar-refractivity contribution in [3.63, 3.8) is 0 Å². The fraction of sp³-hybridized carbons (Fsp3) is 0.533. The maximum absolute atomic E-state index is 9.59. The van der Waals surface area contributed by atoms with Crippen molar-refractivity contribution >= 4 is 11.8 Å². The molecule has 1 fully saturated rings. The molecule has 2 nitrogen and oxygen atoms in total. The molecule has 0 aromatic heterocycles. The number of nitrogens with zero attached hydrogens (tertiary/aromatic N) is 1. The fourth-order valence-electron chi connectivity index (χ4n) is 2.24. The predicted molar refractivity (Wildman–Crippen MR) is 76.5 cm³/mol. The summed E-state index contributed by atoms with van der Waals surface area (Å²) in [7, 11) is 0. The van der Waals surface area contributed by atoms with Gasteiger partial charge >= 0.3 is 0 Å². The Morgan fingerprint density at radius 2 is 2.06 bits per heavy atom. The van der Waals surface area contributed by atoms with E-state index in [2.05, 4.69) is 37.4 Å². The standard InChI is InChI=1S/C15H20N2S/c1-12(2)17-15(10-16,13-8-9-13)11-18-14-6-4-3-5-7-14/h3-7,12-13,17H,8-9,11H2,1-2H3. The summed E-state index contributed by atoms with van der Waals surface area (Å²) in [5, 5.41) is 13.1. The number of benzene rings is 1. The number of hydrogen-bond acceptors (Lipinski definition) is 3. The summed E-state index contributed by atoms with van der Waals surface area (Å²) in [6.45, 7) is 4.23. The summed E-state index contributed by atoms with van der Waals surface area (Å²) in [4.78, 5) is 1.24. The Bertz CT molecular complexity index is 420. The first-order chi connectivity index (χ1) is 8.66. The fourth-order valence-corrected chi connectivity index (χ4v) is 3.37. The van der Waals surface area contributed by atoms with Crippen LogP contribution in [-0.4, -0.2) is 17.3 Å². The number of rotatable bonds is 6. The smallest absolute Gasteiger partial charge is 0.119 e. The van der Waals surface area contributed by atoms with Crippen molar-refractivity contribution in [3.05, 3.63) is 30.3 Å². The van der Waals surface area contributed by atoms with Crippen molar-refractivity contribution in [1.29, 1.82) is 5.26 Å². The van der Waals surface area contributed by atoms with E-state index in [1.807, 2.05) is 18.2 Å². The lowest BCUT2D eigenvalue weighted by Gasteiger charge is -2.30. The molecule has 1 saturated carbocycles. The van der Waals surface area contributed by atoms with Gasteiger partial charge in [0, 0.05) is 16.7 Å². The van der Waals surface area contributed by atoms with Crippen molar-refractivity contribution in [2.45, 2.75) is 43.2 Å². The predicted octanol–water partition coefficient (Wildman–Crippen LogP) is 3.45. The van der Waals surface area contributed by atoms with Crippen LogP contribution in [0.25, 0.3) is 0 Å². The molecule has 1 aliphatic rings. The van der Waals surface area contributed by atoms with Gasteiger partial charge in [0.25, 0.3) is 0 Å². The Hall–Kier alpha value is -0.980. The normalized spacial score (nSPS) is 18.3. The molecule has 0 heterocycles. The maximum Gasteiger partial charge on any atom is 0.119 e. The van der Waals surface area contributed by atoms with E-state index in [1.54, 1.807) is 11.8 Å². The number of thioether (sulfide) groups is 1. The largest absolute Gasteiger partial charge is 0.296 e. The zero-order chi connectivity index (χ0) is 13.0. The van der Waals surface area contributed by atoms with Crippen molar-refractivity contribution in [2.24, 2.45) is 5.92 Å². The molecular weight excluding hydrogens is 240 g/mol. The lowest BCUT2D eigenvalue weighted by Crippen LogP contribution is -2.51. The molecule has 0 spiro atoms. The molecule has 0 saturated heterocycles. The molecule has 0 bridgehead atoms. The van der Waals surface area contributed by atoms with Crippen molar-refractivity contribution in [2.75, 3.05) is 5.75 Å². The average Bonchev–Trinajstić information content (AvgIpc) is 3.20. The van der Waals surface area contributed by atoms with Crippen LogP contribution in [0.2, 0.25) is 0 Å². The second-order valence-electron chi connectivity index (χ2n) is 5.26. The molecular formula is C15H20N2S. The third kappa shape index (κ3) is 3.28. The first kappa shape index (κ1) is 13.5. The number of hydrogen-bond donors (Lipinski definition) is 1. The summed E-state index contributed by atoms with van der Waals surface area (Å²) < 4.78 is 0. The van der Waals surface area contributed by atoms with Gasteiger partial charge in [-0.15, -0.1) is 11.8 Å². The van der Waals surface area contributed by atoms with Crippen LogP contribution in [0, 0.1) is 17.2 Å². The van der Waals surface area contributed by atoms with Crippen LogP contribution in [0.3, 0.4) is 0 Å². The van der Waals surface area contributed by atoms with Crippen molar-refractivity contribution in [3.8, 4) is 6.07 Å². The zero-order valence-corrected chi connectivity index (χ0v) is 11.8. The van der Waals surface area contributed by atoms with E-state index in [0.29, 0.717) is 12.0 Å². The van der Waals surface area contributed by atoms with E-state index in [1.165, 1.54) is 17.7 Å². The van der Waals surface area contributed by atoms with E-state index in [4.69, 9.17) is 0 Å². The second-order valence-corrected chi connectivity index (χ2v) is 6.31. The van der Waals surface area contributed by atoms with Gasteiger partial charge in [-0.05, 0) is 44.7 Å². The molecule has 1 aromatic rings. The second kappa shape index (κ2) is 5.77. The molecule has 0 radical (unpaired) electrons. The van der Waals surface area contributed by atoms with Crippen LogP contribution in [0.5, 0.6) is 0 Å². The van der Waals surface area contributed by atoms with Gasteiger partial charge < -0.3 is 0 Å². The van der Waals surface area contributed by atoms with Crippen molar-refractivity contribution < 1.29 is 0 Å². The Morgan fingerprint density at radius 1 is 1.39 bits per heavy atom. The SMILES string of the molecule is CC(C)NC(C#N)(CSc1ccccc1)C1CC1. The highest BCUT2D eigenvalue weighted by molar-refractivity contribution is 7.99. The van der Waals surface area contributed by atoms with Crippen LogP contribution in [0.4, 0.5) is 0 Å². The van der Waals surface area contributed by atoms with Gasteiger partial charge in [0.2, 0.25) is 0 Å². The molecule has 1 N–H and O–H groups in total. The Morgan fingerprint density at radius 3 is 2.56 bits per heavy atom. The topological polar surface area (TPSA) is 35.8 Å². The Balaban J connectivity index is 2.04. The minimum atomic E-state index is -0.353. The van der Waals surface area contributed by atoms with Gasteiger partial charge in [-0.3, -0.25) is 5.32 Å². The van der Waals surface area contributed by atoms with E-state index >= 15 is 0 Å². The molecule has 1 aliphatic carbocycles. The summed E-state index contributed by atoms with van der Waals surface area (Å²) in [6.07, 6.45) is 2.37. The van der Waals surface area contributed by atoms with E-state index in [0.717, 1.165) is 5.75 Å². The highest BCUT2D eigenvalue weighted by Gasteiger charge is 2.45. The highest BCUT2D eigenvalue weighted by Crippen LogP contribution is 2.42. The quantitative estimate of drug-likeness (QED) is 0.796. The van der Waals surface area contributed by atoms with Gasteiger partial charge in [0.1, 0.15) is 5.54 Å². The van der Waals surface area contributed by atoms with Crippen LogP contribution in [0.15, 0.2) is 35.2 Å².